The molecule has 1 aliphatic rings. The molecule has 3 heterocycles. The van der Waals surface area contributed by atoms with Crippen LogP contribution in [0.1, 0.15) is 43.1 Å². The zero-order chi connectivity index (χ0) is 25.2. The fraction of sp³-hybridized carbons (Fsp3) is 0.320. The third kappa shape index (κ3) is 5.43. The van der Waals surface area contributed by atoms with Crippen LogP contribution in [0.5, 0.6) is 5.88 Å². The number of anilines is 1. The van der Waals surface area contributed by atoms with E-state index in [1.165, 1.54) is 24.3 Å². The van der Waals surface area contributed by atoms with Gasteiger partial charge in [0.2, 0.25) is 5.88 Å². The maximum Gasteiger partial charge on any atom is 0.281 e. The molecule has 1 fully saturated rings. The van der Waals surface area contributed by atoms with E-state index in [4.69, 9.17) is 4.74 Å². The minimum absolute atomic E-state index is 0.0153. The van der Waals surface area contributed by atoms with Gasteiger partial charge in [-0.15, -0.1) is 0 Å². The quantitative estimate of drug-likeness (QED) is 0.527. The van der Waals surface area contributed by atoms with Crippen molar-refractivity contribution in [3.63, 3.8) is 0 Å². The van der Waals surface area contributed by atoms with Gasteiger partial charge in [-0.2, -0.15) is 13.4 Å². The molecule has 0 spiro atoms. The molecule has 0 aliphatic carbocycles. The largest absolute Gasteiger partial charge is 0.473 e. The number of benzene rings is 1. The lowest BCUT2D eigenvalue weighted by Gasteiger charge is -2.33. The molecule has 1 N–H and O–H groups in total. The highest BCUT2D eigenvalue weighted by molar-refractivity contribution is 7.90. The van der Waals surface area contributed by atoms with E-state index in [0.717, 1.165) is 6.42 Å². The highest BCUT2D eigenvalue weighted by Gasteiger charge is 2.39. The van der Waals surface area contributed by atoms with E-state index < -0.39 is 26.8 Å². The van der Waals surface area contributed by atoms with Gasteiger partial charge in [0.05, 0.1) is 5.56 Å². The summed E-state index contributed by atoms with van der Waals surface area (Å²) in [7, 11) is -4.31. The fourth-order valence-corrected chi connectivity index (χ4v) is 5.30. The summed E-state index contributed by atoms with van der Waals surface area (Å²) in [6.45, 7) is 6.85. The monoisotopic (exact) mass is 498 g/mol. The van der Waals surface area contributed by atoms with Crippen LogP contribution in [-0.2, 0) is 16.6 Å². The molecular weight excluding hydrogens is 471 g/mol. The smallest absolute Gasteiger partial charge is 0.281 e. The Labute approximate surface area is 204 Å². The van der Waals surface area contributed by atoms with E-state index in [0.29, 0.717) is 23.8 Å². The lowest BCUT2D eigenvalue weighted by molar-refractivity contribution is 0.0981. The van der Waals surface area contributed by atoms with Crippen molar-refractivity contribution in [3.05, 3.63) is 77.7 Å². The molecule has 1 saturated heterocycles. The minimum atomic E-state index is -4.31. The van der Waals surface area contributed by atoms with Gasteiger partial charge in [-0.05, 0) is 50.5 Å². The van der Waals surface area contributed by atoms with Crippen LogP contribution < -0.4 is 14.4 Å². The van der Waals surface area contributed by atoms with Gasteiger partial charge in [0.15, 0.2) is 5.03 Å². The number of halogens is 1. The molecule has 35 heavy (non-hydrogen) atoms. The number of hydrogen-bond acceptors (Lipinski definition) is 7. The van der Waals surface area contributed by atoms with Crippen LogP contribution in [0.2, 0.25) is 0 Å². The molecule has 8 nitrogen and oxygen atoms in total. The summed E-state index contributed by atoms with van der Waals surface area (Å²) >= 11 is 0. The average molecular weight is 499 g/mol. The van der Waals surface area contributed by atoms with Gasteiger partial charge in [-0.3, -0.25) is 4.79 Å². The second-order valence-electron chi connectivity index (χ2n) is 9.24. The molecule has 2 aromatic heterocycles. The zero-order valence-corrected chi connectivity index (χ0v) is 20.5. The maximum atomic E-state index is 13.8. The van der Waals surface area contributed by atoms with Gasteiger partial charge in [0.25, 0.3) is 15.9 Å². The van der Waals surface area contributed by atoms with E-state index in [-0.39, 0.29) is 23.6 Å². The van der Waals surface area contributed by atoms with Gasteiger partial charge >= 0.3 is 0 Å². The molecule has 1 aliphatic heterocycles. The van der Waals surface area contributed by atoms with Crippen LogP contribution in [0, 0.1) is 11.7 Å². The van der Waals surface area contributed by atoms with E-state index in [1.807, 2.05) is 4.90 Å². The number of ether oxygens (including phenoxy) is 1. The maximum absolute atomic E-state index is 13.8. The average Bonchev–Trinajstić information content (AvgIpc) is 3.10. The van der Waals surface area contributed by atoms with Gasteiger partial charge in [0.1, 0.15) is 18.2 Å². The summed E-state index contributed by atoms with van der Waals surface area (Å²) in [5.74, 6) is -0.416. The molecule has 1 atom stereocenters. The molecule has 0 bridgehead atoms. The highest BCUT2D eigenvalue weighted by Crippen LogP contribution is 2.37. The molecule has 1 amide bonds. The predicted octanol–water partition coefficient (Wildman–Crippen LogP) is 3.94. The SMILES string of the molecule is CC1CN(c2ncccc2C(=O)NS(=O)(=O)c2cccc(OCc3ccccc3F)n2)C(C)(C)C1. The molecule has 0 saturated carbocycles. The number of hydrogen-bond donors (Lipinski definition) is 1. The predicted molar refractivity (Wildman–Crippen MR) is 129 cm³/mol. The van der Waals surface area contributed by atoms with Gasteiger partial charge in [-0.25, -0.2) is 14.1 Å². The number of carbonyl (C=O) groups is 1. The first-order chi connectivity index (χ1) is 16.6. The van der Waals surface area contributed by atoms with Crippen molar-refractivity contribution in [2.24, 2.45) is 5.92 Å². The molecule has 184 valence electrons. The number of nitrogens with zero attached hydrogens (tertiary/aromatic N) is 3. The Hall–Kier alpha value is -3.53. The number of rotatable bonds is 7. The number of pyridine rings is 2. The van der Waals surface area contributed by atoms with Crippen LogP contribution in [0.3, 0.4) is 0 Å². The summed E-state index contributed by atoms with van der Waals surface area (Å²) in [6, 6.07) is 13.4. The third-order valence-corrected chi connectivity index (χ3v) is 7.13. The summed E-state index contributed by atoms with van der Waals surface area (Å²) < 4.78 is 47.3. The lowest BCUT2D eigenvalue weighted by Crippen LogP contribution is -2.41. The number of sulfonamides is 1. The number of aromatic nitrogens is 2. The summed E-state index contributed by atoms with van der Waals surface area (Å²) in [4.78, 5) is 23.5. The Bertz CT molecular complexity index is 1350. The van der Waals surface area contributed by atoms with E-state index in [9.17, 15) is 17.6 Å². The lowest BCUT2D eigenvalue weighted by atomic mass is 9.97. The van der Waals surface area contributed by atoms with Crippen molar-refractivity contribution in [2.75, 3.05) is 11.4 Å². The Morgan fingerprint density at radius 2 is 1.94 bits per heavy atom. The van der Waals surface area contributed by atoms with Gasteiger partial charge in [-0.1, -0.05) is 31.2 Å². The molecule has 10 heteroatoms. The van der Waals surface area contributed by atoms with E-state index in [1.54, 1.807) is 36.5 Å². The normalized spacial score (nSPS) is 17.3. The first kappa shape index (κ1) is 24.6. The fourth-order valence-electron chi connectivity index (χ4n) is 4.37. The Morgan fingerprint density at radius 1 is 1.17 bits per heavy atom. The van der Waals surface area contributed by atoms with Crippen LogP contribution in [-0.4, -0.2) is 36.4 Å². The summed E-state index contributed by atoms with van der Waals surface area (Å²) in [5.41, 5.74) is 0.233. The second kappa shape index (κ2) is 9.61. The molecule has 3 aromatic rings. The molecule has 1 aromatic carbocycles. The first-order valence-corrected chi connectivity index (χ1v) is 12.7. The van der Waals surface area contributed by atoms with Crippen molar-refractivity contribution >= 4 is 21.7 Å². The Morgan fingerprint density at radius 3 is 2.66 bits per heavy atom. The van der Waals surface area contributed by atoms with Crippen LogP contribution in [0.25, 0.3) is 0 Å². The number of amides is 1. The van der Waals surface area contributed by atoms with Crippen LogP contribution >= 0.6 is 0 Å². The molecular formula is C25H27FN4O4S. The number of nitrogens with one attached hydrogen (secondary N) is 1. The van der Waals surface area contributed by atoms with E-state index in [2.05, 4.69) is 35.5 Å². The van der Waals surface area contributed by atoms with E-state index >= 15 is 0 Å². The molecule has 4 rings (SSSR count). The summed E-state index contributed by atoms with van der Waals surface area (Å²) in [6.07, 6.45) is 2.50. The number of carbonyl (C=O) groups excluding carboxylic acids is 1. The van der Waals surface area contributed by atoms with Crippen molar-refractivity contribution in [1.82, 2.24) is 14.7 Å². The zero-order valence-electron chi connectivity index (χ0n) is 19.7. The van der Waals surface area contributed by atoms with Crippen molar-refractivity contribution < 1.29 is 22.3 Å². The van der Waals surface area contributed by atoms with Gasteiger partial charge in [0, 0.05) is 29.9 Å². The van der Waals surface area contributed by atoms with Gasteiger partial charge < -0.3 is 9.64 Å². The van der Waals surface area contributed by atoms with Crippen molar-refractivity contribution in [2.45, 2.75) is 44.4 Å². The summed E-state index contributed by atoms with van der Waals surface area (Å²) in [5, 5.41) is -0.391. The second-order valence-corrected chi connectivity index (χ2v) is 10.9. The minimum Gasteiger partial charge on any atom is -0.473 e. The third-order valence-electron chi connectivity index (χ3n) is 5.89. The highest BCUT2D eigenvalue weighted by atomic mass is 32.2. The Balaban J connectivity index is 1.53. The van der Waals surface area contributed by atoms with Crippen LogP contribution in [0.15, 0.2) is 65.8 Å². The molecule has 1 unspecified atom stereocenters. The standard InChI is InChI=1S/C25H27FN4O4S/c1-17-14-25(2,3)30(15-17)23-19(9-7-13-27-23)24(31)29-35(32,33)22-12-6-11-21(28-22)34-16-18-8-4-5-10-20(18)26/h4-13,17H,14-16H2,1-3H3,(H,29,31). The molecule has 0 radical (unpaired) electrons. The topological polar surface area (TPSA) is 101 Å². The van der Waals surface area contributed by atoms with Crippen molar-refractivity contribution in [1.29, 1.82) is 0 Å². The van der Waals surface area contributed by atoms with Crippen LogP contribution in [0.4, 0.5) is 10.2 Å². The Kier molecular flexibility index (Phi) is 6.75. The first-order valence-electron chi connectivity index (χ1n) is 11.2. The van der Waals surface area contributed by atoms with Crippen molar-refractivity contribution in [3.8, 4) is 5.88 Å².